The van der Waals surface area contributed by atoms with Crippen LogP contribution in [-0.2, 0) is 17.8 Å². The number of likely N-dealkylation sites (N-methyl/N-ethyl adjacent to an activating group) is 1. The van der Waals surface area contributed by atoms with Crippen molar-refractivity contribution in [3.05, 3.63) is 54.4 Å². The molecule has 6 heteroatoms. The Morgan fingerprint density at radius 2 is 2.03 bits per heavy atom. The molecule has 156 valence electrons. The summed E-state index contributed by atoms with van der Waals surface area (Å²) < 4.78 is 1.87. The van der Waals surface area contributed by atoms with Gasteiger partial charge in [0.25, 0.3) is 0 Å². The molecule has 0 unspecified atom stereocenters. The van der Waals surface area contributed by atoms with E-state index in [0.29, 0.717) is 12.6 Å². The molecular weight excluding hydrogens is 362 g/mol. The Labute approximate surface area is 173 Å². The SMILES string of the molecule is CN1CC[C@]2(C(=O)NCCn3cccn3)CCCN(CCc3ccccc3)[C@H]2C1. The second kappa shape index (κ2) is 9.09. The molecule has 2 aliphatic rings. The van der Waals surface area contributed by atoms with E-state index < -0.39 is 0 Å². The number of benzene rings is 1. The van der Waals surface area contributed by atoms with Gasteiger partial charge in [-0.3, -0.25) is 14.4 Å². The number of hydrogen-bond acceptors (Lipinski definition) is 4. The van der Waals surface area contributed by atoms with Gasteiger partial charge in [-0.15, -0.1) is 0 Å². The van der Waals surface area contributed by atoms with E-state index in [4.69, 9.17) is 0 Å². The van der Waals surface area contributed by atoms with Crippen molar-refractivity contribution in [2.45, 2.75) is 38.3 Å². The highest BCUT2D eigenvalue weighted by atomic mass is 16.2. The number of amides is 1. The molecule has 1 aromatic heterocycles. The molecule has 1 aromatic carbocycles. The first-order valence-electron chi connectivity index (χ1n) is 10.9. The monoisotopic (exact) mass is 395 g/mol. The number of carbonyl (C=O) groups excluding carboxylic acids is 1. The lowest BCUT2D eigenvalue weighted by atomic mass is 9.67. The highest BCUT2D eigenvalue weighted by molar-refractivity contribution is 5.83. The van der Waals surface area contributed by atoms with Gasteiger partial charge in [-0.05, 0) is 57.5 Å². The molecule has 0 bridgehead atoms. The molecule has 1 amide bonds. The van der Waals surface area contributed by atoms with Crippen LogP contribution in [0.1, 0.15) is 24.8 Å². The molecule has 2 aliphatic heterocycles. The van der Waals surface area contributed by atoms with E-state index >= 15 is 0 Å². The van der Waals surface area contributed by atoms with Crippen LogP contribution in [-0.4, -0.2) is 71.3 Å². The first kappa shape index (κ1) is 20.1. The number of fused-ring (bicyclic) bond motifs is 1. The van der Waals surface area contributed by atoms with Crippen molar-refractivity contribution in [1.29, 1.82) is 0 Å². The molecule has 2 saturated heterocycles. The van der Waals surface area contributed by atoms with Gasteiger partial charge in [-0.25, -0.2) is 0 Å². The number of likely N-dealkylation sites (tertiary alicyclic amines) is 2. The van der Waals surface area contributed by atoms with Crippen LogP contribution in [0.15, 0.2) is 48.8 Å². The minimum atomic E-state index is -0.258. The van der Waals surface area contributed by atoms with Crippen LogP contribution in [0.3, 0.4) is 0 Å². The van der Waals surface area contributed by atoms with Gasteiger partial charge in [0.2, 0.25) is 5.91 Å². The average Bonchev–Trinajstić information content (AvgIpc) is 3.26. The third-order valence-corrected chi connectivity index (χ3v) is 6.74. The Balaban J connectivity index is 1.43. The molecule has 0 saturated carbocycles. The van der Waals surface area contributed by atoms with Crippen molar-refractivity contribution in [2.75, 3.05) is 39.8 Å². The molecule has 2 fully saturated rings. The Kier molecular flexibility index (Phi) is 6.31. The molecule has 3 heterocycles. The Bertz CT molecular complexity index is 778. The summed E-state index contributed by atoms with van der Waals surface area (Å²) >= 11 is 0. The largest absolute Gasteiger partial charge is 0.354 e. The number of piperidine rings is 2. The fraction of sp³-hybridized carbons (Fsp3) is 0.565. The van der Waals surface area contributed by atoms with E-state index in [1.165, 1.54) is 5.56 Å². The van der Waals surface area contributed by atoms with Crippen molar-refractivity contribution < 1.29 is 4.79 Å². The quantitative estimate of drug-likeness (QED) is 0.779. The second-order valence-corrected chi connectivity index (χ2v) is 8.58. The lowest BCUT2D eigenvalue weighted by molar-refractivity contribution is -0.144. The van der Waals surface area contributed by atoms with Gasteiger partial charge < -0.3 is 10.2 Å². The number of rotatable bonds is 7. The molecule has 2 aromatic rings. The molecule has 29 heavy (non-hydrogen) atoms. The topological polar surface area (TPSA) is 53.4 Å². The molecule has 2 atom stereocenters. The maximum atomic E-state index is 13.4. The van der Waals surface area contributed by atoms with Gasteiger partial charge in [0, 0.05) is 38.1 Å². The lowest BCUT2D eigenvalue weighted by Gasteiger charge is -2.53. The molecule has 0 radical (unpaired) electrons. The smallest absolute Gasteiger partial charge is 0.227 e. The summed E-state index contributed by atoms with van der Waals surface area (Å²) in [5.41, 5.74) is 1.11. The fourth-order valence-corrected chi connectivity index (χ4v) is 5.08. The number of carbonyl (C=O) groups is 1. The number of nitrogens with one attached hydrogen (secondary N) is 1. The summed E-state index contributed by atoms with van der Waals surface area (Å²) in [5, 5.41) is 7.48. The first-order chi connectivity index (χ1) is 14.2. The Morgan fingerprint density at radius 1 is 1.17 bits per heavy atom. The maximum absolute atomic E-state index is 13.4. The maximum Gasteiger partial charge on any atom is 0.227 e. The predicted molar refractivity (Wildman–Crippen MR) is 115 cm³/mol. The van der Waals surface area contributed by atoms with Gasteiger partial charge in [0.05, 0.1) is 12.0 Å². The summed E-state index contributed by atoms with van der Waals surface area (Å²) in [5.74, 6) is 0.243. The van der Waals surface area contributed by atoms with Crippen LogP contribution < -0.4 is 5.32 Å². The highest BCUT2D eigenvalue weighted by Crippen LogP contribution is 2.42. The normalized spacial score (nSPS) is 25.5. The standard InChI is InChI=1S/C23H33N5O/c1-26-17-11-23(22(29)24-13-18-28-15-6-12-25-28)10-5-14-27(21(23)19-26)16-9-20-7-3-2-4-8-20/h2-4,6-8,12,15,21H,5,9-11,13-14,16-19H2,1H3,(H,24,29)/t21-,23+/m0/s1. The number of aromatic nitrogens is 2. The average molecular weight is 396 g/mol. The first-order valence-corrected chi connectivity index (χ1v) is 10.9. The summed E-state index contributed by atoms with van der Waals surface area (Å²) in [6.07, 6.45) is 7.80. The van der Waals surface area contributed by atoms with Crippen molar-refractivity contribution >= 4 is 5.91 Å². The van der Waals surface area contributed by atoms with Crippen molar-refractivity contribution in [3.63, 3.8) is 0 Å². The van der Waals surface area contributed by atoms with Gasteiger partial charge in [-0.2, -0.15) is 5.10 Å². The summed E-state index contributed by atoms with van der Waals surface area (Å²) in [4.78, 5) is 18.4. The second-order valence-electron chi connectivity index (χ2n) is 8.58. The van der Waals surface area contributed by atoms with Gasteiger partial charge in [0.1, 0.15) is 0 Å². The van der Waals surface area contributed by atoms with Gasteiger partial charge in [0.15, 0.2) is 0 Å². The van der Waals surface area contributed by atoms with Crippen LogP contribution in [0.4, 0.5) is 0 Å². The third kappa shape index (κ3) is 4.54. The van der Waals surface area contributed by atoms with Crippen molar-refractivity contribution in [1.82, 2.24) is 24.9 Å². The van der Waals surface area contributed by atoms with Crippen LogP contribution in [0.5, 0.6) is 0 Å². The molecule has 0 aliphatic carbocycles. The van der Waals surface area contributed by atoms with E-state index in [0.717, 1.165) is 58.4 Å². The van der Waals surface area contributed by atoms with E-state index in [9.17, 15) is 4.79 Å². The third-order valence-electron chi connectivity index (χ3n) is 6.74. The summed E-state index contributed by atoms with van der Waals surface area (Å²) in [6.45, 7) is 5.43. The summed E-state index contributed by atoms with van der Waals surface area (Å²) in [6, 6.07) is 12.9. The van der Waals surface area contributed by atoms with Crippen molar-refractivity contribution in [2.24, 2.45) is 5.41 Å². The zero-order chi connectivity index (χ0) is 20.1. The lowest BCUT2D eigenvalue weighted by Crippen LogP contribution is -2.65. The van der Waals surface area contributed by atoms with E-state index in [2.05, 4.69) is 57.6 Å². The number of nitrogens with zero attached hydrogens (tertiary/aromatic N) is 4. The van der Waals surface area contributed by atoms with Crippen LogP contribution in [0.25, 0.3) is 0 Å². The predicted octanol–water partition coefficient (Wildman–Crippen LogP) is 2.03. The molecular formula is C23H33N5O. The molecule has 0 spiro atoms. The minimum absolute atomic E-state index is 0.243. The van der Waals surface area contributed by atoms with Crippen LogP contribution in [0, 0.1) is 5.41 Å². The van der Waals surface area contributed by atoms with Crippen LogP contribution in [0.2, 0.25) is 0 Å². The Morgan fingerprint density at radius 3 is 2.83 bits per heavy atom. The summed E-state index contributed by atoms with van der Waals surface area (Å²) in [7, 11) is 2.18. The van der Waals surface area contributed by atoms with E-state index in [1.54, 1.807) is 6.20 Å². The zero-order valence-corrected chi connectivity index (χ0v) is 17.5. The van der Waals surface area contributed by atoms with Gasteiger partial charge >= 0.3 is 0 Å². The van der Waals surface area contributed by atoms with Crippen LogP contribution >= 0.6 is 0 Å². The molecule has 6 nitrogen and oxygen atoms in total. The zero-order valence-electron chi connectivity index (χ0n) is 17.5. The minimum Gasteiger partial charge on any atom is -0.354 e. The molecule has 4 rings (SSSR count). The van der Waals surface area contributed by atoms with E-state index in [1.807, 2.05) is 16.9 Å². The highest BCUT2D eigenvalue weighted by Gasteiger charge is 2.51. The van der Waals surface area contributed by atoms with Crippen molar-refractivity contribution in [3.8, 4) is 0 Å². The number of hydrogen-bond donors (Lipinski definition) is 1. The van der Waals surface area contributed by atoms with Gasteiger partial charge in [-0.1, -0.05) is 30.3 Å². The fourth-order valence-electron chi connectivity index (χ4n) is 5.08. The van der Waals surface area contributed by atoms with E-state index in [-0.39, 0.29) is 11.3 Å². The Hall–Kier alpha value is -2.18. The molecule has 1 N–H and O–H groups in total.